The average Bonchev–Trinajstić information content (AvgIpc) is 3.40. The number of carbonyl (C=O) groups is 2. The Morgan fingerprint density at radius 1 is 1.21 bits per heavy atom. The third-order valence-electron chi connectivity index (χ3n) is 6.72. The van der Waals surface area contributed by atoms with Crippen LogP contribution in [0, 0.1) is 0 Å². The third kappa shape index (κ3) is 4.63. The van der Waals surface area contributed by atoms with Gasteiger partial charge in [-0.15, -0.1) is 0 Å². The Labute approximate surface area is 191 Å². The summed E-state index contributed by atoms with van der Waals surface area (Å²) in [4.78, 5) is 31.9. The molecule has 2 amide bonds. The largest absolute Gasteiger partial charge is 0.433 e. The Bertz CT molecular complexity index is 1030. The smallest absolute Gasteiger partial charge is 0.345 e. The standard InChI is InChI=1S/C24H29F3N4O2/c1-3-18(16-9-10-21(28-14-16)24(25,26)27)29-22(32)17-13-20(31-11-5-4-8-19(17)31)23(33)30-12-6-7-15(30)2/h9-10,13-15,18H,3-8,11-12H2,1-2H3,(H,29,32). The lowest BCUT2D eigenvalue weighted by atomic mass is 10.0. The molecule has 0 aliphatic carbocycles. The molecule has 0 radical (unpaired) electrons. The number of amides is 2. The summed E-state index contributed by atoms with van der Waals surface area (Å²) in [6.45, 7) is 5.32. The van der Waals surface area contributed by atoms with E-state index in [9.17, 15) is 22.8 Å². The van der Waals surface area contributed by atoms with Gasteiger partial charge in [-0.1, -0.05) is 13.0 Å². The van der Waals surface area contributed by atoms with Crippen molar-refractivity contribution in [3.05, 3.63) is 52.6 Å². The summed E-state index contributed by atoms with van der Waals surface area (Å²) in [5.74, 6) is -0.359. The van der Waals surface area contributed by atoms with Gasteiger partial charge >= 0.3 is 6.18 Å². The fraction of sp³-hybridized carbons (Fsp3) is 0.542. The summed E-state index contributed by atoms with van der Waals surface area (Å²) in [7, 11) is 0. The fourth-order valence-corrected chi connectivity index (χ4v) is 4.87. The Kier molecular flexibility index (Phi) is 6.50. The molecule has 4 rings (SSSR count). The van der Waals surface area contributed by atoms with Crippen molar-refractivity contribution in [1.82, 2.24) is 19.8 Å². The van der Waals surface area contributed by atoms with Crippen LogP contribution in [-0.2, 0) is 19.1 Å². The zero-order valence-corrected chi connectivity index (χ0v) is 18.9. The second kappa shape index (κ2) is 9.19. The van der Waals surface area contributed by atoms with Gasteiger partial charge in [-0.3, -0.25) is 14.6 Å². The molecule has 2 aromatic rings. The third-order valence-corrected chi connectivity index (χ3v) is 6.72. The molecule has 2 aliphatic rings. The van der Waals surface area contributed by atoms with Gasteiger partial charge in [-0.25, -0.2) is 0 Å². The van der Waals surface area contributed by atoms with Crippen LogP contribution in [0.1, 0.15) is 89.8 Å². The second-order valence-electron chi connectivity index (χ2n) is 8.90. The van der Waals surface area contributed by atoms with E-state index in [1.54, 1.807) is 6.07 Å². The number of carbonyl (C=O) groups excluding carboxylic acids is 2. The molecule has 2 aliphatic heterocycles. The van der Waals surface area contributed by atoms with Crippen molar-refractivity contribution in [3.63, 3.8) is 0 Å². The van der Waals surface area contributed by atoms with Crippen molar-refractivity contribution < 1.29 is 22.8 Å². The van der Waals surface area contributed by atoms with E-state index in [0.29, 0.717) is 36.2 Å². The van der Waals surface area contributed by atoms with Gasteiger partial charge in [0.2, 0.25) is 0 Å². The highest BCUT2D eigenvalue weighted by Crippen LogP contribution is 2.30. The van der Waals surface area contributed by atoms with Crippen LogP contribution in [0.5, 0.6) is 0 Å². The minimum absolute atomic E-state index is 0.0406. The number of nitrogens with one attached hydrogen (secondary N) is 1. The fourth-order valence-electron chi connectivity index (χ4n) is 4.87. The van der Waals surface area contributed by atoms with E-state index < -0.39 is 17.9 Å². The van der Waals surface area contributed by atoms with Crippen molar-refractivity contribution in [2.75, 3.05) is 6.54 Å². The highest BCUT2D eigenvalue weighted by Gasteiger charge is 2.33. The maximum absolute atomic E-state index is 13.3. The minimum Gasteiger partial charge on any atom is -0.345 e. The van der Waals surface area contributed by atoms with Gasteiger partial charge in [0, 0.05) is 31.0 Å². The van der Waals surface area contributed by atoms with Crippen LogP contribution in [-0.4, -0.2) is 38.9 Å². The predicted octanol–water partition coefficient (Wildman–Crippen LogP) is 4.74. The van der Waals surface area contributed by atoms with Gasteiger partial charge in [0.15, 0.2) is 0 Å². The summed E-state index contributed by atoms with van der Waals surface area (Å²) < 4.78 is 40.5. The number of alkyl halides is 3. The topological polar surface area (TPSA) is 67.2 Å². The quantitative estimate of drug-likeness (QED) is 0.698. The van der Waals surface area contributed by atoms with Crippen molar-refractivity contribution in [2.45, 2.75) is 77.2 Å². The zero-order valence-electron chi connectivity index (χ0n) is 18.9. The molecule has 178 valence electrons. The van der Waals surface area contributed by atoms with Crippen molar-refractivity contribution in [1.29, 1.82) is 0 Å². The van der Waals surface area contributed by atoms with E-state index in [2.05, 4.69) is 10.3 Å². The van der Waals surface area contributed by atoms with Crippen molar-refractivity contribution in [3.8, 4) is 0 Å². The number of aromatic nitrogens is 2. The molecule has 4 heterocycles. The highest BCUT2D eigenvalue weighted by atomic mass is 19.4. The average molecular weight is 463 g/mol. The first-order valence-corrected chi connectivity index (χ1v) is 11.6. The van der Waals surface area contributed by atoms with Crippen LogP contribution in [0.4, 0.5) is 13.2 Å². The Morgan fingerprint density at radius 3 is 2.61 bits per heavy atom. The van der Waals surface area contributed by atoms with Gasteiger partial charge in [-0.2, -0.15) is 13.2 Å². The van der Waals surface area contributed by atoms with Gasteiger partial charge in [-0.05, 0) is 63.1 Å². The van der Waals surface area contributed by atoms with Gasteiger partial charge in [0.05, 0.1) is 11.6 Å². The number of likely N-dealkylation sites (tertiary alicyclic amines) is 1. The number of pyridine rings is 1. The molecule has 2 atom stereocenters. The maximum atomic E-state index is 13.3. The van der Waals surface area contributed by atoms with Crippen LogP contribution in [0.2, 0.25) is 0 Å². The summed E-state index contributed by atoms with van der Waals surface area (Å²) in [5.41, 5.74) is 1.42. The zero-order chi connectivity index (χ0) is 23.8. The minimum atomic E-state index is -4.51. The Morgan fingerprint density at radius 2 is 2.00 bits per heavy atom. The predicted molar refractivity (Wildman–Crippen MR) is 117 cm³/mol. The first-order chi connectivity index (χ1) is 15.7. The van der Waals surface area contributed by atoms with Crippen LogP contribution in [0.3, 0.4) is 0 Å². The van der Waals surface area contributed by atoms with Crippen LogP contribution >= 0.6 is 0 Å². The molecular formula is C24H29F3N4O2. The van der Waals surface area contributed by atoms with E-state index >= 15 is 0 Å². The number of nitrogens with zero attached hydrogens (tertiary/aromatic N) is 3. The molecule has 1 saturated heterocycles. The Hall–Kier alpha value is -2.84. The SMILES string of the molecule is CCC(NC(=O)c1cc(C(=O)N2CCCC2C)n2c1CCCC2)c1ccc(C(F)(F)F)nc1. The lowest BCUT2D eigenvalue weighted by Crippen LogP contribution is -2.35. The molecular weight excluding hydrogens is 433 g/mol. The number of fused-ring (bicyclic) bond motifs is 1. The van der Waals surface area contributed by atoms with E-state index in [1.165, 1.54) is 6.07 Å². The first kappa shape index (κ1) is 23.3. The monoisotopic (exact) mass is 462 g/mol. The van der Waals surface area contributed by atoms with Crippen molar-refractivity contribution >= 4 is 11.8 Å². The number of halogens is 3. The van der Waals surface area contributed by atoms with E-state index in [0.717, 1.165) is 50.2 Å². The molecule has 1 fully saturated rings. The normalized spacial score (nSPS) is 19.3. The summed E-state index contributed by atoms with van der Waals surface area (Å²) in [6.07, 6.45) is 1.71. The molecule has 1 N–H and O–H groups in total. The first-order valence-electron chi connectivity index (χ1n) is 11.6. The van der Waals surface area contributed by atoms with E-state index in [4.69, 9.17) is 0 Å². The molecule has 0 spiro atoms. The number of hydrogen-bond donors (Lipinski definition) is 1. The van der Waals surface area contributed by atoms with Crippen LogP contribution in [0.25, 0.3) is 0 Å². The molecule has 0 saturated carbocycles. The van der Waals surface area contributed by atoms with Gasteiger partial charge in [0.1, 0.15) is 11.4 Å². The lowest BCUT2D eigenvalue weighted by Gasteiger charge is -2.24. The molecule has 0 bridgehead atoms. The number of rotatable bonds is 5. The molecule has 2 unspecified atom stereocenters. The number of hydrogen-bond acceptors (Lipinski definition) is 3. The molecule has 6 nitrogen and oxygen atoms in total. The lowest BCUT2D eigenvalue weighted by molar-refractivity contribution is -0.141. The molecule has 0 aromatic carbocycles. The van der Waals surface area contributed by atoms with Crippen molar-refractivity contribution in [2.24, 2.45) is 0 Å². The van der Waals surface area contributed by atoms with Crippen LogP contribution in [0.15, 0.2) is 24.4 Å². The van der Waals surface area contributed by atoms with E-state index in [1.807, 2.05) is 23.3 Å². The molecule has 33 heavy (non-hydrogen) atoms. The maximum Gasteiger partial charge on any atom is 0.433 e. The van der Waals surface area contributed by atoms with Crippen LogP contribution < -0.4 is 5.32 Å². The summed E-state index contributed by atoms with van der Waals surface area (Å²) >= 11 is 0. The Balaban J connectivity index is 1.58. The van der Waals surface area contributed by atoms with Gasteiger partial charge < -0.3 is 14.8 Å². The van der Waals surface area contributed by atoms with Gasteiger partial charge in [0.25, 0.3) is 11.8 Å². The highest BCUT2D eigenvalue weighted by molar-refractivity contribution is 6.01. The second-order valence-corrected chi connectivity index (χ2v) is 8.90. The van der Waals surface area contributed by atoms with E-state index in [-0.39, 0.29) is 17.9 Å². The summed E-state index contributed by atoms with van der Waals surface area (Å²) in [6, 6.07) is 3.67. The molecule has 2 aromatic heterocycles. The molecule has 9 heteroatoms. The summed E-state index contributed by atoms with van der Waals surface area (Å²) in [5, 5.41) is 2.94.